The van der Waals surface area contributed by atoms with Gasteiger partial charge in [0.25, 0.3) is 0 Å². The molecule has 0 fully saturated rings. The maximum Gasteiger partial charge on any atom is 0.0701 e. The quantitative estimate of drug-likeness (QED) is 0.660. The topological polar surface area (TPSA) is 27.7 Å². The fourth-order valence-electron chi connectivity index (χ4n) is 0.387. The summed E-state index contributed by atoms with van der Waals surface area (Å²) in [6.07, 6.45) is 0. The molecule has 0 heterocycles. The van der Waals surface area contributed by atoms with Gasteiger partial charge < -0.3 is 14.2 Å². The molecular weight excluding hydrogens is 283 g/mol. The Morgan fingerprint density at radius 1 is 0.800 bits per heavy atom. The van der Waals surface area contributed by atoms with Crippen molar-refractivity contribution in [3.8, 4) is 0 Å². The summed E-state index contributed by atoms with van der Waals surface area (Å²) in [4.78, 5) is 0. The van der Waals surface area contributed by atoms with E-state index < -0.39 is 0 Å². The molecule has 3 nitrogen and oxygen atoms in total. The van der Waals surface area contributed by atoms with Crippen molar-refractivity contribution >= 4 is 0 Å². The van der Waals surface area contributed by atoms with E-state index in [2.05, 4.69) is 0 Å². The second-order valence-electron chi connectivity index (χ2n) is 1.60. The van der Waals surface area contributed by atoms with Crippen LogP contribution in [0, 0.1) is 38.2 Å². The molecule has 0 aromatic carbocycles. The van der Waals surface area contributed by atoms with Crippen molar-refractivity contribution in [3.05, 3.63) is 0 Å². The predicted octanol–water partition coefficient (Wildman–Crippen LogP) is 0.296. The molecule has 0 aliphatic carbocycles. The van der Waals surface area contributed by atoms with Gasteiger partial charge in [0, 0.05) is 52.4 Å². The molecule has 0 radical (unpaired) electrons. The van der Waals surface area contributed by atoms with Gasteiger partial charge in [0.05, 0.1) is 26.4 Å². The molecule has 0 amide bonds. The summed E-state index contributed by atoms with van der Waals surface area (Å²) in [5, 5.41) is 0. The molecule has 0 saturated carbocycles. The van der Waals surface area contributed by atoms with E-state index >= 15 is 0 Å². The van der Waals surface area contributed by atoms with E-state index in [4.69, 9.17) is 14.2 Å². The van der Waals surface area contributed by atoms with Crippen molar-refractivity contribution in [1.82, 2.24) is 0 Å². The first kappa shape index (κ1) is 13.7. The molecule has 0 spiro atoms. The zero-order chi connectivity index (χ0) is 6.95. The molecule has 0 rings (SSSR count). The average molecular weight is 297 g/mol. The first-order valence-electron chi connectivity index (χ1n) is 2.97. The van der Waals surface area contributed by atoms with E-state index in [-0.39, 0.29) is 38.2 Å². The predicted molar refractivity (Wildman–Crippen MR) is 34.6 cm³/mol. The molecule has 10 heavy (non-hydrogen) atoms. The standard InChI is InChI=1S/C6H14O3.Dy/c1-7-3-5-9-6-4-8-2;/h3-6H2,1-2H3;. The first-order valence-corrected chi connectivity index (χ1v) is 2.97. The van der Waals surface area contributed by atoms with Crippen molar-refractivity contribution < 1.29 is 52.4 Å². The minimum Gasteiger partial charge on any atom is -0.382 e. The van der Waals surface area contributed by atoms with Crippen LogP contribution in [0.15, 0.2) is 0 Å². The Labute approximate surface area is 92.4 Å². The van der Waals surface area contributed by atoms with Crippen LogP contribution >= 0.6 is 0 Å². The second-order valence-corrected chi connectivity index (χ2v) is 1.60. The van der Waals surface area contributed by atoms with Crippen LogP contribution in [-0.4, -0.2) is 40.6 Å². The molecular formula is C6H14DyO3. The molecule has 0 bridgehead atoms. The molecule has 0 aromatic rings. The fourth-order valence-corrected chi connectivity index (χ4v) is 0.387. The molecule has 0 atom stereocenters. The van der Waals surface area contributed by atoms with Gasteiger partial charge in [-0.1, -0.05) is 0 Å². The molecule has 0 aliphatic heterocycles. The van der Waals surface area contributed by atoms with Crippen LogP contribution < -0.4 is 0 Å². The zero-order valence-corrected chi connectivity index (χ0v) is 8.40. The Morgan fingerprint density at radius 3 is 1.50 bits per heavy atom. The zero-order valence-electron chi connectivity index (χ0n) is 6.37. The Kier molecular flexibility index (Phi) is 17.6. The van der Waals surface area contributed by atoms with E-state index in [0.29, 0.717) is 26.4 Å². The van der Waals surface area contributed by atoms with Crippen molar-refractivity contribution in [2.45, 2.75) is 0 Å². The Hall–Kier alpha value is 1.15. The van der Waals surface area contributed by atoms with Gasteiger partial charge in [-0.3, -0.25) is 0 Å². The molecule has 0 N–H and O–H groups in total. The van der Waals surface area contributed by atoms with E-state index in [9.17, 15) is 0 Å². The second kappa shape index (κ2) is 12.8. The van der Waals surface area contributed by atoms with Crippen LogP contribution in [-0.2, 0) is 14.2 Å². The van der Waals surface area contributed by atoms with Gasteiger partial charge in [0.1, 0.15) is 0 Å². The monoisotopic (exact) mass is 298 g/mol. The van der Waals surface area contributed by atoms with Crippen molar-refractivity contribution in [2.75, 3.05) is 40.6 Å². The Morgan fingerprint density at radius 2 is 1.20 bits per heavy atom. The van der Waals surface area contributed by atoms with Crippen LogP contribution in [0.2, 0.25) is 0 Å². The summed E-state index contributed by atoms with van der Waals surface area (Å²) in [5.74, 6) is 0. The van der Waals surface area contributed by atoms with Crippen molar-refractivity contribution in [1.29, 1.82) is 0 Å². The van der Waals surface area contributed by atoms with Crippen LogP contribution in [0.25, 0.3) is 0 Å². The van der Waals surface area contributed by atoms with Gasteiger partial charge in [-0.2, -0.15) is 0 Å². The molecule has 0 aliphatic rings. The van der Waals surface area contributed by atoms with Crippen LogP contribution in [0.5, 0.6) is 0 Å². The van der Waals surface area contributed by atoms with E-state index in [0.717, 1.165) is 0 Å². The molecule has 0 aromatic heterocycles. The maximum atomic E-state index is 5.06. The van der Waals surface area contributed by atoms with Crippen molar-refractivity contribution in [2.24, 2.45) is 0 Å². The average Bonchev–Trinajstić information content (AvgIpc) is 1.89. The summed E-state index contributed by atoms with van der Waals surface area (Å²) in [6, 6.07) is 0. The third kappa shape index (κ3) is 11.9. The first-order chi connectivity index (χ1) is 4.41. The molecule has 0 saturated heterocycles. The summed E-state index contributed by atoms with van der Waals surface area (Å²) >= 11 is 0. The number of methoxy groups -OCH3 is 2. The number of hydrogen-bond donors (Lipinski definition) is 0. The van der Waals surface area contributed by atoms with E-state index in [1.807, 2.05) is 0 Å². The molecule has 66 valence electrons. The fraction of sp³-hybridized carbons (Fsp3) is 1.00. The minimum absolute atomic E-state index is 0. The SMILES string of the molecule is COCCOCCOC.[Dy]. The molecule has 0 unspecified atom stereocenters. The smallest absolute Gasteiger partial charge is 0.0701 e. The van der Waals surface area contributed by atoms with Gasteiger partial charge in [-0.05, 0) is 0 Å². The van der Waals surface area contributed by atoms with Crippen LogP contribution in [0.4, 0.5) is 0 Å². The third-order valence-electron chi connectivity index (χ3n) is 0.864. The summed E-state index contributed by atoms with van der Waals surface area (Å²) in [5.41, 5.74) is 0. The Balaban J connectivity index is 0. The van der Waals surface area contributed by atoms with Crippen LogP contribution in [0.1, 0.15) is 0 Å². The third-order valence-corrected chi connectivity index (χ3v) is 0.864. The summed E-state index contributed by atoms with van der Waals surface area (Å²) in [7, 11) is 3.30. The van der Waals surface area contributed by atoms with Gasteiger partial charge in [-0.25, -0.2) is 0 Å². The van der Waals surface area contributed by atoms with E-state index in [1.54, 1.807) is 14.2 Å². The molecule has 4 heteroatoms. The van der Waals surface area contributed by atoms with Gasteiger partial charge in [0.15, 0.2) is 0 Å². The van der Waals surface area contributed by atoms with Crippen molar-refractivity contribution in [3.63, 3.8) is 0 Å². The summed E-state index contributed by atoms with van der Waals surface area (Å²) < 4.78 is 14.6. The normalized spacial score (nSPS) is 9.00. The van der Waals surface area contributed by atoms with Gasteiger partial charge in [-0.15, -0.1) is 0 Å². The number of rotatable bonds is 6. The minimum atomic E-state index is 0. The van der Waals surface area contributed by atoms with E-state index in [1.165, 1.54) is 0 Å². The largest absolute Gasteiger partial charge is 0.382 e. The summed E-state index contributed by atoms with van der Waals surface area (Å²) in [6.45, 7) is 2.62. The van der Waals surface area contributed by atoms with Gasteiger partial charge in [0.2, 0.25) is 0 Å². The maximum absolute atomic E-state index is 5.06. The number of ether oxygens (including phenoxy) is 3. The van der Waals surface area contributed by atoms with Crippen LogP contribution in [0.3, 0.4) is 0 Å². The Bertz CT molecular complexity index is 46.3. The van der Waals surface area contributed by atoms with Gasteiger partial charge >= 0.3 is 0 Å². The number of hydrogen-bond acceptors (Lipinski definition) is 3.